The highest BCUT2D eigenvalue weighted by atomic mass is 35.5. The second kappa shape index (κ2) is 10.8. The van der Waals surface area contributed by atoms with Crippen LogP contribution in [0.15, 0.2) is 41.2 Å². The van der Waals surface area contributed by atoms with Crippen molar-refractivity contribution in [3.05, 3.63) is 68.6 Å². The lowest BCUT2D eigenvalue weighted by Crippen LogP contribution is -2.60. The van der Waals surface area contributed by atoms with Crippen molar-refractivity contribution in [3.8, 4) is 0 Å². The molecule has 1 aliphatic heterocycles. The second-order valence-corrected chi connectivity index (χ2v) is 8.07. The van der Waals surface area contributed by atoms with Crippen molar-refractivity contribution in [2.75, 3.05) is 6.54 Å². The molecule has 1 fully saturated rings. The standard InChI is InChI=1S/C19H21ClN4O3.C2HF3O2/c20-14-7-6-12(10-21)13(9-14)11-24(8-2-4-16(24)18(22)26)19(27)15-3-1-5-17(25)23-15;3-2(4,5)1(6)7/h1,3,5-7,9,16H,2,4,8,10-11,21H2,(H2-,22,23,25,26);(H,6,7)/p+1. The third-order valence-corrected chi connectivity index (χ3v) is 5.68. The summed E-state index contributed by atoms with van der Waals surface area (Å²) in [5.74, 6) is -3.63. The minimum Gasteiger partial charge on any atom is -0.475 e. The number of pyridine rings is 1. The number of likely N-dealkylation sites (tertiary alicyclic amines) is 1. The van der Waals surface area contributed by atoms with Gasteiger partial charge in [0.1, 0.15) is 12.2 Å². The number of primary amides is 1. The number of nitrogens with two attached hydrogens (primary N) is 2. The maximum Gasteiger partial charge on any atom is 0.490 e. The van der Waals surface area contributed by atoms with Crippen LogP contribution in [0.1, 0.15) is 34.5 Å². The van der Waals surface area contributed by atoms with E-state index in [9.17, 15) is 27.6 Å². The number of carbonyl (C=O) groups excluding carboxylic acids is 2. The Morgan fingerprint density at radius 2 is 1.82 bits per heavy atom. The van der Waals surface area contributed by atoms with Crippen molar-refractivity contribution in [3.63, 3.8) is 0 Å². The normalized spacial score (nSPS) is 19.7. The number of aromatic nitrogens is 1. The fourth-order valence-corrected chi connectivity index (χ4v) is 4.11. The Hall–Kier alpha value is -3.22. The number of hydrogen-bond donors (Lipinski definition) is 4. The maximum absolute atomic E-state index is 13.5. The van der Waals surface area contributed by atoms with E-state index < -0.39 is 24.1 Å². The van der Waals surface area contributed by atoms with Gasteiger partial charge < -0.3 is 21.6 Å². The third-order valence-electron chi connectivity index (χ3n) is 5.45. The third kappa shape index (κ3) is 6.22. The SMILES string of the molecule is NCc1ccc(Cl)cc1C[N+]1(C(=O)c2cccc(=O)[nH]2)CCCC1C(N)=O.O=C(O)C(F)(F)F. The molecule has 1 aromatic heterocycles. The van der Waals surface area contributed by atoms with E-state index in [1.807, 2.05) is 6.07 Å². The van der Waals surface area contributed by atoms with Crippen LogP contribution in [-0.4, -0.2) is 51.1 Å². The number of aromatic amines is 1. The average molecular weight is 504 g/mol. The fourth-order valence-electron chi connectivity index (χ4n) is 3.92. The molecule has 9 nitrogen and oxygen atoms in total. The van der Waals surface area contributed by atoms with Gasteiger partial charge in [-0.15, -0.1) is 0 Å². The topological polar surface area (TPSA) is 156 Å². The zero-order valence-corrected chi connectivity index (χ0v) is 18.5. The molecule has 2 heterocycles. The summed E-state index contributed by atoms with van der Waals surface area (Å²) >= 11 is 6.15. The van der Waals surface area contributed by atoms with Crippen molar-refractivity contribution >= 4 is 29.4 Å². The van der Waals surface area contributed by atoms with Crippen LogP contribution in [0.4, 0.5) is 13.2 Å². The van der Waals surface area contributed by atoms with Gasteiger partial charge in [-0.05, 0) is 23.8 Å². The first-order valence-electron chi connectivity index (χ1n) is 9.99. The monoisotopic (exact) mass is 503 g/mol. The summed E-state index contributed by atoms with van der Waals surface area (Å²) in [7, 11) is 0. The summed E-state index contributed by atoms with van der Waals surface area (Å²) in [6.45, 7) is 0.959. The first-order valence-corrected chi connectivity index (χ1v) is 10.4. The van der Waals surface area contributed by atoms with E-state index in [4.69, 9.17) is 33.0 Å². The highest BCUT2D eigenvalue weighted by Crippen LogP contribution is 2.33. The molecule has 0 aliphatic carbocycles. The predicted octanol–water partition coefficient (Wildman–Crippen LogP) is 1.93. The molecule has 34 heavy (non-hydrogen) atoms. The van der Waals surface area contributed by atoms with Crippen LogP contribution in [0.25, 0.3) is 0 Å². The summed E-state index contributed by atoms with van der Waals surface area (Å²) in [5.41, 5.74) is 12.9. The van der Waals surface area contributed by atoms with Gasteiger partial charge >= 0.3 is 18.1 Å². The van der Waals surface area contributed by atoms with Crippen LogP contribution in [0.5, 0.6) is 0 Å². The van der Waals surface area contributed by atoms with Crippen LogP contribution in [0.2, 0.25) is 5.02 Å². The first kappa shape index (κ1) is 27.0. The molecule has 0 spiro atoms. The number of carboxylic acid groups (broad SMARTS) is 1. The summed E-state index contributed by atoms with van der Waals surface area (Å²) in [5, 5.41) is 7.65. The van der Waals surface area contributed by atoms with Gasteiger partial charge in [0.25, 0.3) is 5.91 Å². The minimum absolute atomic E-state index is 0.159. The average Bonchev–Trinajstić information content (AvgIpc) is 3.18. The van der Waals surface area contributed by atoms with E-state index in [1.54, 1.807) is 18.2 Å². The Morgan fingerprint density at radius 1 is 1.18 bits per heavy atom. The molecule has 1 saturated heterocycles. The molecule has 3 rings (SSSR count). The molecule has 2 atom stereocenters. The van der Waals surface area contributed by atoms with Crippen molar-refractivity contribution in [1.82, 2.24) is 4.98 Å². The molecule has 2 amide bonds. The Balaban J connectivity index is 0.000000509. The van der Waals surface area contributed by atoms with Gasteiger partial charge in [-0.2, -0.15) is 13.2 Å². The smallest absolute Gasteiger partial charge is 0.475 e. The van der Waals surface area contributed by atoms with Gasteiger partial charge in [-0.1, -0.05) is 23.7 Å². The Morgan fingerprint density at radius 3 is 2.35 bits per heavy atom. The van der Waals surface area contributed by atoms with E-state index in [0.29, 0.717) is 24.4 Å². The molecule has 6 N–H and O–H groups in total. The van der Waals surface area contributed by atoms with E-state index in [1.165, 1.54) is 12.1 Å². The number of nitrogens with one attached hydrogen (secondary N) is 1. The highest BCUT2D eigenvalue weighted by Gasteiger charge is 2.52. The Kier molecular flexibility index (Phi) is 8.59. The van der Waals surface area contributed by atoms with Gasteiger partial charge in [0.05, 0.1) is 6.54 Å². The van der Waals surface area contributed by atoms with Gasteiger partial charge in [0.15, 0.2) is 6.04 Å². The Labute approximate surface area is 196 Å². The number of quaternary nitrogens is 1. The first-order chi connectivity index (χ1) is 15.8. The van der Waals surface area contributed by atoms with Crippen LogP contribution in [-0.2, 0) is 22.7 Å². The number of benzene rings is 1. The molecule has 13 heteroatoms. The summed E-state index contributed by atoms with van der Waals surface area (Å²) in [6, 6.07) is 9.04. The number of amides is 2. The second-order valence-electron chi connectivity index (χ2n) is 7.63. The molecule has 2 aromatic rings. The predicted molar refractivity (Wildman–Crippen MR) is 115 cm³/mol. The van der Waals surface area contributed by atoms with E-state index >= 15 is 0 Å². The molecule has 0 bridgehead atoms. The van der Waals surface area contributed by atoms with Gasteiger partial charge in [0.2, 0.25) is 5.56 Å². The van der Waals surface area contributed by atoms with Crippen molar-refractivity contribution in [2.24, 2.45) is 11.5 Å². The number of alkyl halides is 3. The number of H-pyrrole nitrogens is 1. The number of aliphatic carboxylic acids is 1. The maximum atomic E-state index is 13.5. The van der Waals surface area contributed by atoms with Crippen molar-refractivity contribution in [1.29, 1.82) is 0 Å². The molecule has 1 aromatic carbocycles. The summed E-state index contributed by atoms with van der Waals surface area (Å²) in [6.07, 6.45) is -3.90. The lowest BCUT2D eigenvalue weighted by atomic mass is 10.0. The molecule has 1 aliphatic rings. The lowest BCUT2D eigenvalue weighted by molar-refractivity contribution is -0.865. The number of halogens is 4. The molecule has 184 valence electrons. The fraction of sp³-hybridized carbons (Fsp3) is 0.333. The minimum atomic E-state index is -5.08. The van der Waals surface area contributed by atoms with E-state index in [2.05, 4.69) is 4.98 Å². The molecule has 2 unspecified atom stereocenters. The molecular formula is C21H23ClF3N4O5+. The number of rotatable bonds is 5. The van der Waals surface area contributed by atoms with E-state index in [-0.39, 0.29) is 34.7 Å². The zero-order valence-electron chi connectivity index (χ0n) is 17.8. The zero-order chi connectivity index (χ0) is 25.7. The summed E-state index contributed by atoms with van der Waals surface area (Å²) in [4.78, 5) is 48.8. The quantitative estimate of drug-likeness (QED) is 0.457. The molecule has 0 radical (unpaired) electrons. The largest absolute Gasteiger partial charge is 0.490 e. The van der Waals surface area contributed by atoms with Crippen LogP contribution in [0.3, 0.4) is 0 Å². The molecular weight excluding hydrogens is 481 g/mol. The number of hydrogen-bond acceptors (Lipinski definition) is 5. The van der Waals surface area contributed by atoms with E-state index in [0.717, 1.165) is 11.1 Å². The highest BCUT2D eigenvalue weighted by molar-refractivity contribution is 6.30. The number of nitrogens with zero attached hydrogens (tertiary/aromatic N) is 1. The Bertz CT molecular complexity index is 1140. The van der Waals surface area contributed by atoms with Crippen LogP contribution >= 0.6 is 11.6 Å². The van der Waals surface area contributed by atoms with Gasteiger partial charge in [-0.3, -0.25) is 9.59 Å². The lowest BCUT2D eigenvalue weighted by Gasteiger charge is -2.36. The van der Waals surface area contributed by atoms with Gasteiger partial charge in [-0.25, -0.2) is 14.1 Å². The molecule has 0 saturated carbocycles. The number of carbonyl (C=O) groups is 3. The van der Waals surface area contributed by atoms with Crippen molar-refractivity contribution < 1.29 is 37.1 Å². The van der Waals surface area contributed by atoms with Gasteiger partial charge in [0, 0.05) is 36.0 Å². The summed E-state index contributed by atoms with van der Waals surface area (Å²) < 4.78 is 31.6. The van der Waals surface area contributed by atoms with Crippen molar-refractivity contribution in [2.45, 2.75) is 38.1 Å². The van der Waals surface area contributed by atoms with Crippen LogP contribution < -0.4 is 17.0 Å². The van der Waals surface area contributed by atoms with Crippen LogP contribution in [0, 0.1) is 0 Å². The number of carboxylic acids is 1.